The number of rotatable bonds is 5. The van der Waals surface area contributed by atoms with Gasteiger partial charge in [-0.2, -0.15) is 0 Å². The summed E-state index contributed by atoms with van der Waals surface area (Å²) in [5.74, 6) is 2.44. The van der Waals surface area contributed by atoms with E-state index in [1.165, 1.54) is 5.56 Å². The van der Waals surface area contributed by atoms with E-state index in [0.717, 1.165) is 45.0 Å². The highest BCUT2D eigenvalue weighted by Gasteiger charge is 2.14. The number of nitrogens with zero attached hydrogens (tertiary/aromatic N) is 2. The molecule has 0 spiro atoms. The smallest absolute Gasteiger partial charge is 0.129 e. The van der Waals surface area contributed by atoms with Gasteiger partial charge in [-0.05, 0) is 79.7 Å². The van der Waals surface area contributed by atoms with Crippen LogP contribution in [0.1, 0.15) is 5.56 Å². The number of phenolic OH excluding ortho intramolecular Hbond substituents is 1. The molecule has 0 amide bonds. The third-order valence-corrected chi connectivity index (χ3v) is 5.40. The molecule has 5 heteroatoms. The van der Waals surface area contributed by atoms with Crippen LogP contribution in [0.4, 0.5) is 0 Å². The highest BCUT2D eigenvalue weighted by atomic mass is 16.5. The summed E-state index contributed by atoms with van der Waals surface area (Å²) in [5, 5.41) is 9.72. The number of aromatic hydroxyl groups is 1. The molecular formula is C28H22N2O3. The third kappa shape index (κ3) is 4.34. The molecule has 0 aliphatic carbocycles. The molecule has 5 aromatic rings. The molecule has 0 atom stereocenters. The Bertz CT molecular complexity index is 1410. The first-order valence-corrected chi connectivity index (χ1v) is 10.6. The fourth-order valence-corrected chi connectivity index (χ4v) is 3.61. The lowest BCUT2D eigenvalue weighted by Gasteiger charge is -2.12. The van der Waals surface area contributed by atoms with Crippen LogP contribution < -0.4 is 9.47 Å². The van der Waals surface area contributed by atoms with Gasteiger partial charge < -0.3 is 14.6 Å². The molecule has 0 bridgehead atoms. The average molecular weight is 434 g/mol. The molecule has 5 nitrogen and oxygen atoms in total. The van der Waals surface area contributed by atoms with Gasteiger partial charge >= 0.3 is 0 Å². The fourth-order valence-electron chi connectivity index (χ4n) is 3.61. The minimum absolute atomic E-state index is 0.205. The van der Waals surface area contributed by atoms with Crippen LogP contribution in [0.3, 0.4) is 0 Å². The summed E-state index contributed by atoms with van der Waals surface area (Å²) >= 11 is 0. The summed E-state index contributed by atoms with van der Waals surface area (Å²) in [6.45, 7) is 2.04. The first kappa shape index (κ1) is 20.5. The monoisotopic (exact) mass is 434 g/mol. The van der Waals surface area contributed by atoms with Crippen LogP contribution in [0, 0.1) is 6.92 Å². The van der Waals surface area contributed by atoms with Crippen LogP contribution in [-0.4, -0.2) is 22.2 Å². The van der Waals surface area contributed by atoms with Gasteiger partial charge in [-0.25, -0.2) is 9.97 Å². The van der Waals surface area contributed by atoms with E-state index in [1.54, 1.807) is 19.2 Å². The van der Waals surface area contributed by atoms with E-state index in [2.05, 4.69) is 0 Å². The summed E-state index contributed by atoms with van der Waals surface area (Å²) < 4.78 is 11.3. The largest absolute Gasteiger partial charge is 0.508 e. The Morgan fingerprint density at radius 2 is 1.15 bits per heavy atom. The number of hydrogen-bond acceptors (Lipinski definition) is 5. The zero-order valence-corrected chi connectivity index (χ0v) is 18.3. The Morgan fingerprint density at radius 3 is 1.79 bits per heavy atom. The quantitative estimate of drug-likeness (QED) is 0.330. The Kier molecular flexibility index (Phi) is 5.37. The van der Waals surface area contributed by atoms with E-state index < -0.39 is 0 Å². The van der Waals surface area contributed by atoms with Crippen molar-refractivity contribution in [1.29, 1.82) is 0 Å². The van der Waals surface area contributed by atoms with Crippen LogP contribution in [0.5, 0.6) is 23.0 Å². The minimum Gasteiger partial charge on any atom is -0.508 e. The number of aryl methyl sites for hydroxylation is 1. The van der Waals surface area contributed by atoms with E-state index in [1.807, 2.05) is 85.8 Å². The van der Waals surface area contributed by atoms with Crippen molar-refractivity contribution in [3.8, 4) is 45.5 Å². The summed E-state index contributed by atoms with van der Waals surface area (Å²) in [6, 6.07) is 28.3. The zero-order valence-electron chi connectivity index (χ0n) is 18.3. The van der Waals surface area contributed by atoms with Gasteiger partial charge in [0.05, 0.1) is 29.5 Å². The predicted molar refractivity (Wildman–Crippen MR) is 130 cm³/mol. The van der Waals surface area contributed by atoms with Crippen molar-refractivity contribution < 1.29 is 14.6 Å². The number of hydrogen-bond donors (Lipinski definition) is 1. The molecule has 0 aliphatic rings. The van der Waals surface area contributed by atoms with Crippen molar-refractivity contribution in [1.82, 2.24) is 9.97 Å². The minimum atomic E-state index is 0.205. The molecule has 0 saturated carbocycles. The summed E-state index contributed by atoms with van der Waals surface area (Å²) in [6.07, 6.45) is 0. The van der Waals surface area contributed by atoms with Gasteiger partial charge in [-0.1, -0.05) is 17.7 Å². The molecule has 1 heterocycles. The van der Waals surface area contributed by atoms with Crippen molar-refractivity contribution in [2.75, 3.05) is 7.11 Å². The maximum absolute atomic E-state index is 9.72. The topological polar surface area (TPSA) is 64.5 Å². The summed E-state index contributed by atoms with van der Waals surface area (Å²) in [4.78, 5) is 9.89. The van der Waals surface area contributed by atoms with Gasteiger partial charge in [-0.15, -0.1) is 0 Å². The van der Waals surface area contributed by atoms with Crippen LogP contribution in [-0.2, 0) is 0 Å². The van der Waals surface area contributed by atoms with Crippen LogP contribution >= 0.6 is 0 Å². The molecule has 5 rings (SSSR count). The third-order valence-electron chi connectivity index (χ3n) is 5.40. The number of aromatic nitrogens is 2. The molecule has 162 valence electrons. The van der Waals surface area contributed by atoms with E-state index >= 15 is 0 Å². The average Bonchev–Trinajstić information content (AvgIpc) is 2.85. The van der Waals surface area contributed by atoms with Gasteiger partial charge in [0, 0.05) is 17.2 Å². The van der Waals surface area contributed by atoms with E-state index in [9.17, 15) is 5.11 Å². The van der Waals surface area contributed by atoms with Crippen LogP contribution in [0.2, 0.25) is 0 Å². The highest BCUT2D eigenvalue weighted by molar-refractivity contribution is 5.87. The van der Waals surface area contributed by atoms with Crippen molar-refractivity contribution in [3.63, 3.8) is 0 Å². The first-order chi connectivity index (χ1) is 16.1. The van der Waals surface area contributed by atoms with Gasteiger partial charge in [0.25, 0.3) is 0 Å². The lowest BCUT2D eigenvalue weighted by molar-refractivity contribution is 0.415. The van der Waals surface area contributed by atoms with Gasteiger partial charge in [-0.3, -0.25) is 0 Å². The van der Waals surface area contributed by atoms with Gasteiger partial charge in [0.1, 0.15) is 23.0 Å². The maximum Gasteiger partial charge on any atom is 0.129 e. The second-order valence-electron chi connectivity index (χ2n) is 7.76. The molecule has 1 aromatic heterocycles. The van der Waals surface area contributed by atoms with Crippen molar-refractivity contribution in [2.45, 2.75) is 6.92 Å². The number of benzene rings is 4. The molecular weight excluding hydrogens is 412 g/mol. The second-order valence-corrected chi connectivity index (χ2v) is 7.76. The lowest BCUT2D eigenvalue weighted by atomic mass is 10.0. The molecule has 1 N–H and O–H groups in total. The number of fused-ring (bicyclic) bond motifs is 1. The van der Waals surface area contributed by atoms with Crippen molar-refractivity contribution in [2.24, 2.45) is 0 Å². The Labute approximate surface area is 191 Å². The molecule has 0 unspecified atom stereocenters. The lowest BCUT2D eigenvalue weighted by Crippen LogP contribution is -1.96. The van der Waals surface area contributed by atoms with Crippen LogP contribution in [0.25, 0.3) is 33.5 Å². The van der Waals surface area contributed by atoms with E-state index in [-0.39, 0.29) is 5.75 Å². The molecule has 33 heavy (non-hydrogen) atoms. The maximum atomic E-state index is 9.72. The van der Waals surface area contributed by atoms with E-state index in [0.29, 0.717) is 5.75 Å². The molecule has 0 saturated heterocycles. The number of ether oxygens (including phenoxy) is 2. The highest BCUT2D eigenvalue weighted by Crippen LogP contribution is 2.34. The summed E-state index contributed by atoms with van der Waals surface area (Å²) in [7, 11) is 1.64. The molecule has 4 aromatic carbocycles. The van der Waals surface area contributed by atoms with Gasteiger partial charge in [0.2, 0.25) is 0 Å². The van der Waals surface area contributed by atoms with Crippen molar-refractivity contribution >= 4 is 11.0 Å². The molecule has 0 fully saturated rings. The number of phenols is 1. The normalized spacial score (nSPS) is 10.8. The predicted octanol–water partition coefficient (Wildman–Crippen LogP) is 6.78. The standard InChI is InChI=1S/C28H22N2O3/c1-18-3-11-23(12-4-18)33-24-15-16-25-26(17-24)30-28(20-7-13-22(32-2)14-8-20)27(29-25)19-5-9-21(31)10-6-19/h3-17,31H,1-2H3. The molecule has 0 radical (unpaired) electrons. The Morgan fingerprint density at radius 1 is 0.606 bits per heavy atom. The van der Waals surface area contributed by atoms with Crippen LogP contribution in [0.15, 0.2) is 91.0 Å². The second kappa shape index (κ2) is 8.63. The fraction of sp³-hybridized carbons (Fsp3) is 0.0714. The Hall–Kier alpha value is -4.38. The van der Waals surface area contributed by atoms with E-state index in [4.69, 9.17) is 19.4 Å². The van der Waals surface area contributed by atoms with Gasteiger partial charge in [0.15, 0.2) is 0 Å². The van der Waals surface area contributed by atoms with Crippen molar-refractivity contribution in [3.05, 3.63) is 96.6 Å². The summed E-state index contributed by atoms with van der Waals surface area (Å²) in [5.41, 5.74) is 5.92. The SMILES string of the molecule is COc1ccc(-c2nc3cc(Oc4ccc(C)cc4)ccc3nc2-c2ccc(O)cc2)cc1. The zero-order chi connectivity index (χ0) is 22.8. The number of methoxy groups -OCH3 is 1. The molecule has 0 aliphatic heterocycles. The first-order valence-electron chi connectivity index (χ1n) is 10.6. The Balaban J connectivity index is 1.62.